The molecular formula is C22H27N3O3. The fourth-order valence-electron chi connectivity index (χ4n) is 3.07. The molecule has 1 heterocycles. The van der Waals surface area contributed by atoms with Gasteiger partial charge >= 0.3 is 6.03 Å². The fraction of sp³-hybridized carbons (Fsp3) is 0.364. The molecule has 6 nitrogen and oxygen atoms in total. The predicted octanol–water partition coefficient (Wildman–Crippen LogP) is 3.57. The SMILES string of the molecule is CC(C)c1ccc(NC(=O)N2CCN(C(=O)COc3ccccc3)CC2)cc1. The lowest BCUT2D eigenvalue weighted by Crippen LogP contribution is -2.52. The van der Waals surface area contributed by atoms with E-state index in [0.29, 0.717) is 37.8 Å². The standard InChI is InChI=1S/C22H27N3O3/c1-17(2)18-8-10-19(11-9-18)23-22(27)25-14-12-24(13-15-25)21(26)16-28-20-6-4-3-5-7-20/h3-11,17H,12-16H2,1-2H3,(H,23,27). The highest BCUT2D eigenvalue weighted by Gasteiger charge is 2.24. The maximum Gasteiger partial charge on any atom is 0.321 e. The molecule has 148 valence electrons. The van der Waals surface area contributed by atoms with Crippen molar-refractivity contribution in [1.29, 1.82) is 0 Å². The molecule has 0 spiro atoms. The Morgan fingerprint density at radius 1 is 0.929 bits per heavy atom. The highest BCUT2D eigenvalue weighted by molar-refractivity contribution is 5.89. The molecule has 6 heteroatoms. The van der Waals surface area contributed by atoms with Crippen molar-refractivity contribution >= 4 is 17.6 Å². The van der Waals surface area contributed by atoms with Crippen LogP contribution in [0.25, 0.3) is 0 Å². The quantitative estimate of drug-likeness (QED) is 0.861. The van der Waals surface area contributed by atoms with E-state index in [4.69, 9.17) is 4.74 Å². The first-order valence-corrected chi connectivity index (χ1v) is 9.64. The third-order valence-electron chi connectivity index (χ3n) is 4.85. The van der Waals surface area contributed by atoms with Gasteiger partial charge in [0.1, 0.15) is 5.75 Å². The number of carbonyl (C=O) groups is 2. The van der Waals surface area contributed by atoms with Crippen LogP contribution in [-0.2, 0) is 4.79 Å². The summed E-state index contributed by atoms with van der Waals surface area (Å²) in [5.41, 5.74) is 2.02. The van der Waals surface area contributed by atoms with E-state index in [1.165, 1.54) is 5.56 Å². The zero-order valence-electron chi connectivity index (χ0n) is 16.4. The number of amides is 3. The molecule has 0 aliphatic carbocycles. The smallest absolute Gasteiger partial charge is 0.321 e. The molecular weight excluding hydrogens is 354 g/mol. The van der Waals surface area contributed by atoms with Crippen molar-refractivity contribution in [3.63, 3.8) is 0 Å². The first-order chi connectivity index (χ1) is 13.5. The molecule has 0 saturated carbocycles. The van der Waals surface area contributed by atoms with Crippen LogP contribution in [0.5, 0.6) is 5.75 Å². The largest absolute Gasteiger partial charge is 0.484 e. The minimum absolute atomic E-state index is 0.0123. The average Bonchev–Trinajstić information content (AvgIpc) is 2.73. The molecule has 1 fully saturated rings. The van der Waals surface area contributed by atoms with E-state index in [-0.39, 0.29) is 18.5 Å². The van der Waals surface area contributed by atoms with Crippen molar-refractivity contribution in [3.8, 4) is 5.75 Å². The number of anilines is 1. The number of carbonyl (C=O) groups excluding carboxylic acids is 2. The number of rotatable bonds is 5. The number of urea groups is 1. The highest BCUT2D eigenvalue weighted by atomic mass is 16.5. The Balaban J connectivity index is 1.43. The van der Waals surface area contributed by atoms with Gasteiger partial charge in [0.05, 0.1) is 0 Å². The Hall–Kier alpha value is -3.02. The molecule has 2 aromatic carbocycles. The number of piperazine rings is 1. The van der Waals surface area contributed by atoms with Crippen LogP contribution in [-0.4, -0.2) is 54.5 Å². The summed E-state index contributed by atoms with van der Waals surface area (Å²) in [6, 6.07) is 17.1. The number of para-hydroxylation sites is 1. The van der Waals surface area contributed by atoms with Gasteiger partial charge in [-0.3, -0.25) is 4.79 Å². The van der Waals surface area contributed by atoms with Gasteiger partial charge in [-0.15, -0.1) is 0 Å². The maximum absolute atomic E-state index is 12.5. The highest BCUT2D eigenvalue weighted by Crippen LogP contribution is 2.17. The molecule has 1 saturated heterocycles. The predicted molar refractivity (Wildman–Crippen MR) is 110 cm³/mol. The summed E-state index contributed by atoms with van der Waals surface area (Å²) in [4.78, 5) is 28.2. The van der Waals surface area contributed by atoms with Gasteiger partial charge in [-0.05, 0) is 35.7 Å². The summed E-state index contributed by atoms with van der Waals surface area (Å²) in [6.07, 6.45) is 0. The summed E-state index contributed by atoms with van der Waals surface area (Å²) in [5.74, 6) is 1.08. The normalized spacial score (nSPS) is 14.1. The van der Waals surface area contributed by atoms with E-state index in [9.17, 15) is 9.59 Å². The Morgan fingerprint density at radius 2 is 1.54 bits per heavy atom. The molecule has 28 heavy (non-hydrogen) atoms. The molecule has 0 bridgehead atoms. The summed E-state index contributed by atoms with van der Waals surface area (Å²) < 4.78 is 5.52. The zero-order valence-corrected chi connectivity index (χ0v) is 16.4. The Morgan fingerprint density at radius 3 is 2.14 bits per heavy atom. The van der Waals surface area contributed by atoms with Gasteiger partial charge in [0, 0.05) is 31.9 Å². The number of nitrogens with one attached hydrogen (secondary N) is 1. The van der Waals surface area contributed by atoms with Crippen LogP contribution in [0.15, 0.2) is 54.6 Å². The lowest BCUT2D eigenvalue weighted by molar-refractivity contribution is -0.134. The molecule has 1 aliphatic rings. The fourth-order valence-corrected chi connectivity index (χ4v) is 3.07. The van der Waals surface area contributed by atoms with E-state index < -0.39 is 0 Å². The molecule has 0 radical (unpaired) electrons. The average molecular weight is 381 g/mol. The van der Waals surface area contributed by atoms with Gasteiger partial charge in [0.25, 0.3) is 5.91 Å². The number of ether oxygens (including phenoxy) is 1. The molecule has 1 aliphatic heterocycles. The van der Waals surface area contributed by atoms with Crippen molar-refractivity contribution in [2.24, 2.45) is 0 Å². The van der Waals surface area contributed by atoms with E-state index >= 15 is 0 Å². The van der Waals surface area contributed by atoms with Gasteiger partial charge in [-0.2, -0.15) is 0 Å². The lowest BCUT2D eigenvalue weighted by atomic mass is 10.0. The van der Waals surface area contributed by atoms with Crippen molar-refractivity contribution in [2.75, 3.05) is 38.1 Å². The van der Waals surface area contributed by atoms with E-state index in [1.807, 2.05) is 54.6 Å². The van der Waals surface area contributed by atoms with Gasteiger partial charge in [-0.25, -0.2) is 4.79 Å². The monoisotopic (exact) mass is 381 g/mol. The van der Waals surface area contributed by atoms with Crippen molar-refractivity contribution in [3.05, 3.63) is 60.2 Å². The van der Waals surface area contributed by atoms with Crippen LogP contribution in [0.3, 0.4) is 0 Å². The summed E-state index contributed by atoms with van der Waals surface area (Å²) >= 11 is 0. The molecule has 1 N–H and O–H groups in total. The summed E-state index contributed by atoms with van der Waals surface area (Å²) in [6.45, 7) is 6.32. The lowest BCUT2D eigenvalue weighted by Gasteiger charge is -2.34. The van der Waals surface area contributed by atoms with E-state index in [0.717, 1.165) is 5.69 Å². The van der Waals surface area contributed by atoms with Crippen LogP contribution >= 0.6 is 0 Å². The number of hydrogen-bond donors (Lipinski definition) is 1. The Bertz CT molecular complexity index is 782. The van der Waals surface area contributed by atoms with Gasteiger partial charge < -0.3 is 19.9 Å². The van der Waals surface area contributed by atoms with Crippen LogP contribution in [0, 0.1) is 0 Å². The first-order valence-electron chi connectivity index (χ1n) is 9.64. The van der Waals surface area contributed by atoms with E-state index in [2.05, 4.69) is 19.2 Å². The third kappa shape index (κ3) is 5.25. The number of benzene rings is 2. The van der Waals surface area contributed by atoms with Crippen LogP contribution in [0.4, 0.5) is 10.5 Å². The molecule has 3 amide bonds. The Labute approximate surface area is 166 Å². The first kappa shape index (κ1) is 19.7. The number of hydrogen-bond acceptors (Lipinski definition) is 3. The molecule has 0 unspecified atom stereocenters. The van der Waals surface area contributed by atoms with Gasteiger partial charge in [-0.1, -0.05) is 44.2 Å². The maximum atomic E-state index is 12.5. The van der Waals surface area contributed by atoms with Gasteiger partial charge in [0.2, 0.25) is 0 Å². The molecule has 3 rings (SSSR count). The number of nitrogens with zero attached hydrogens (tertiary/aromatic N) is 2. The van der Waals surface area contributed by atoms with E-state index in [1.54, 1.807) is 9.80 Å². The minimum Gasteiger partial charge on any atom is -0.484 e. The third-order valence-corrected chi connectivity index (χ3v) is 4.85. The van der Waals surface area contributed by atoms with Gasteiger partial charge in [0.15, 0.2) is 6.61 Å². The van der Waals surface area contributed by atoms with Crippen molar-refractivity contribution in [1.82, 2.24) is 9.80 Å². The molecule has 2 aromatic rings. The van der Waals surface area contributed by atoms with Crippen molar-refractivity contribution in [2.45, 2.75) is 19.8 Å². The second-order valence-corrected chi connectivity index (χ2v) is 7.18. The Kier molecular flexibility index (Phi) is 6.53. The topological polar surface area (TPSA) is 61.9 Å². The van der Waals surface area contributed by atoms with Crippen LogP contribution < -0.4 is 10.1 Å². The zero-order chi connectivity index (χ0) is 19.9. The van der Waals surface area contributed by atoms with Crippen LogP contribution in [0.2, 0.25) is 0 Å². The minimum atomic E-state index is -0.134. The summed E-state index contributed by atoms with van der Waals surface area (Å²) in [5, 5.41) is 2.93. The summed E-state index contributed by atoms with van der Waals surface area (Å²) in [7, 11) is 0. The molecule has 0 aromatic heterocycles. The second-order valence-electron chi connectivity index (χ2n) is 7.18. The van der Waals surface area contributed by atoms with Crippen molar-refractivity contribution < 1.29 is 14.3 Å². The molecule has 0 atom stereocenters. The van der Waals surface area contributed by atoms with Crippen LogP contribution in [0.1, 0.15) is 25.3 Å². The second kappa shape index (κ2) is 9.26.